The minimum absolute atomic E-state index is 0.0261. The molecule has 11 nitrogen and oxygen atoms in total. The van der Waals surface area contributed by atoms with Crippen molar-refractivity contribution in [2.45, 2.75) is 51.2 Å². The van der Waals surface area contributed by atoms with Crippen molar-refractivity contribution in [2.75, 3.05) is 6.54 Å². The Balaban J connectivity index is 2.14. The van der Waals surface area contributed by atoms with Crippen molar-refractivity contribution >= 4 is 23.7 Å². The monoisotopic (exact) mass is 472 g/mol. The van der Waals surface area contributed by atoms with Gasteiger partial charge in [0.1, 0.15) is 18.1 Å². The number of carboxylic acids is 1. The summed E-state index contributed by atoms with van der Waals surface area (Å²) in [5.41, 5.74) is 6.73. The summed E-state index contributed by atoms with van der Waals surface area (Å²) >= 11 is 0. The van der Waals surface area contributed by atoms with Crippen LogP contribution in [0.15, 0.2) is 42.9 Å². The van der Waals surface area contributed by atoms with Crippen LogP contribution in [-0.4, -0.2) is 63.4 Å². The van der Waals surface area contributed by atoms with Crippen molar-refractivity contribution in [3.8, 4) is 0 Å². The Hall–Kier alpha value is -3.73. The quantitative estimate of drug-likeness (QED) is 0.232. The van der Waals surface area contributed by atoms with Crippen LogP contribution in [-0.2, 0) is 32.0 Å². The minimum atomic E-state index is -1.18. The molecule has 1 aromatic carbocycles. The zero-order valence-corrected chi connectivity index (χ0v) is 19.3. The minimum Gasteiger partial charge on any atom is -0.480 e. The summed E-state index contributed by atoms with van der Waals surface area (Å²) in [7, 11) is 0. The van der Waals surface area contributed by atoms with E-state index in [1.807, 2.05) is 19.9 Å². The molecule has 0 aliphatic heterocycles. The van der Waals surface area contributed by atoms with Crippen LogP contribution in [0.2, 0.25) is 0 Å². The maximum absolute atomic E-state index is 13.0. The highest BCUT2D eigenvalue weighted by Gasteiger charge is 2.30. The number of aliphatic carboxylic acids is 1. The Bertz CT molecular complexity index is 948. The van der Waals surface area contributed by atoms with E-state index in [2.05, 4.69) is 25.9 Å². The average Bonchev–Trinajstić information content (AvgIpc) is 3.31. The lowest BCUT2D eigenvalue weighted by Crippen LogP contribution is -2.57. The van der Waals surface area contributed by atoms with Crippen molar-refractivity contribution in [1.29, 1.82) is 0 Å². The molecule has 0 radical (unpaired) electrons. The van der Waals surface area contributed by atoms with E-state index in [-0.39, 0.29) is 31.7 Å². The van der Waals surface area contributed by atoms with Gasteiger partial charge in [-0.05, 0) is 17.9 Å². The number of hydrogen-bond acceptors (Lipinski definition) is 6. The fraction of sp³-hybridized carbons (Fsp3) is 0.435. The van der Waals surface area contributed by atoms with E-state index in [0.717, 1.165) is 5.56 Å². The van der Waals surface area contributed by atoms with Crippen LogP contribution >= 0.6 is 0 Å². The van der Waals surface area contributed by atoms with Gasteiger partial charge in [0, 0.05) is 24.7 Å². The van der Waals surface area contributed by atoms with Gasteiger partial charge >= 0.3 is 5.97 Å². The highest BCUT2D eigenvalue weighted by molar-refractivity contribution is 5.93. The second-order valence-electron chi connectivity index (χ2n) is 8.39. The number of rotatable bonds is 13. The number of nitrogens with one attached hydrogen (secondary N) is 4. The first-order valence-electron chi connectivity index (χ1n) is 11.0. The molecule has 3 amide bonds. The highest BCUT2D eigenvalue weighted by atomic mass is 16.4. The van der Waals surface area contributed by atoms with Gasteiger partial charge in [-0.2, -0.15) is 0 Å². The normalized spacial score (nSPS) is 13.5. The van der Waals surface area contributed by atoms with E-state index >= 15 is 0 Å². The predicted octanol–water partition coefficient (Wildman–Crippen LogP) is -0.261. The maximum atomic E-state index is 13.0. The molecule has 3 unspecified atom stereocenters. The topological polar surface area (TPSA) is 179 Å². The van der Waals surface area contributed by atoms with Gasteiger partial charge in [-0.15, -0.1) is 0 Å². The summed E-state index contributed by atoms with van der Waals surface area (Å²) in [6.45, 7) is 3.45. The van der Waals surface area contributed by atoms with E-state index in [9.17, 15) is 24.3 Å². The predicted molar refractivity (Wildman–Crippen MR) is 124 cm³/mol. The second kappa shape index (κ2) is 13.1. The Morgan fingerprint density at radius 1 is 0.971 bits per heavy atom. The van der Waals surface area contributed by atoms with Crippen LogP contribution in [0.5, 0.6) is 0 Å². The van der Waals surface area contributed by atoms with E-state index in [0.29, 0.717) is 5.69 Å². The molecule has 0 aliphatic rings. The fourth-order valence-electron chi connectivity index (χ4n) is 3.38. The number of carbonyl (C=O) groups is 4. The number of aromatic amines is 1. The third-order valence-electron chi connectivity index (χ3n) is 5.05. The lowest BCUT2D eigenvalue weighted by molar-refractivity contribution is -0.142. The van der Waals surface area contributed by atoms with Gasteiger partial charge in [-0.1, -0.05) is 44.2 Å². The molecular formula is C23H32N6O5. The number of H-pyrrole nitrogens is 1. The van der Waals surface area contributed by atoms with Gasteiger partial charge in [-0.3, -0.25) is 14.4 Å². The molecule has 184 valence electrons. The number of aromatic nitrogens is 2. The van der Waals surface area contributed by atoms with Crippen LogP contribution in [0.4, 0.5) is 0 Å². The number of amides is 3. The van der Waals surface area contributed by atoms with Gasteiger partial charge in [0.05, 0.1) is 12.9 Å². The molecule has 1 aromatic heterocycles. The molecule has 0 saturated heterocycles. The molecule has 34 heavy (non-hydrogen) atoms. The largest absolute Gasteiger partial charge is 0.480 e. The number of carboxylic acid groups (broad SMARTS) is 1. The summed E-state index contributed by atoms with van der Waals surface area (Å²) in [5, 5.41) is 17.4. The summed E-state index contributed by atoms with van der Waals surface area (Å²) in [6.07, 6.45) is 3.45. The molecule has 3 atom stereocenters. The number of nitrogens with two attached hydrogens (primary N) is 1. The lowest BCUT2D eigenvalue weighted by Gasteiger charge is -2.25. The van der Waals surface area contributed by atoms with Crippen LogP contribution in [0, 0.1) is 5.92 Å². The van der Waals surface area contributed by atoms with Crippen molar-refractivity contribution < 1.29 is 24.3 Å². The standard InChI is InChI=1S/C23H32N6O5/c1-14(2)8-17(21(31)29-19(23(33)34)9-15-6-4-3-5-7-15)28-22(32)18(27-20(30)11-24)10-16-12-25-13-26-16/h3-7,12-14,17-19H,8-11,24H2,1-2H3,(H,25,26)(H,27,30)(H,28,32)(H,29,31)(H,33,34). The van der Waals surface area contributed by atoms with E-state index in [4.69, 9.17) is 5.73 Å². The number of benzene rings is 1. The van der Waals surface area contributed by atoms with Crippen molar-refractivity contribution in [1.82, 2.24) is 25.9 Å². The van der Waals surface area contributed by atoms with Gasteiger partial charge in [0.2, 0.25) is 17.7 Å². The van der Waals surface area contributed by atoms with Crippen molar-refractivity contribution in [3.63, 3.8) is 0 Å². The summed E-state index contributed by atoms with van der Waals surface area (Å²) in [5.74, 6) is -2.89. The fourth-order valence-corrected chi connectivity index (χ4v) is 3.38. The first kappa shape index (κ1) is 26.5. The molecule has 7 N–H and O–H groups in total. The molecule has 0 spiro atoms. The second-order valence-corrected chi connectivity index (χ2v) is 8.39. The summed E-state index contributed by atoms with van der Waals surface area (Å²) in [4.78, 5) is 56.5. The summed E-state index contributed by atoms with van der Waals surface area (Å²) in [6, 6.07) is 5.77. The van der Waals surface area contributed by atoms with Crippen LogP contribution < -0.4 is 21.7 Å². The molecule has 0 aliphatic carbocycles. The first-order chi connectivity index (χ1) is 16.2. The number of nitrogens with zero attached hydrogens (tertiary/aromatic N) is 1. The molecule has 2 rings (SSSR count). The van der Waals surface area contributed by atoms with Gasteiger partial charge in [0.15, 0.2) is 0 Å². The van der Waals surface area contributed by atoms with Crippen LogP contribution in [0.25, 0.3) is 0 Å². The van der Waals surface area contributed by atoms with Crippen molar-refractivity contribution in [3.05, 3.63) is 54.1 Å². The average molecular weight is 473 g/mol. The molecule has 0 fully saturated rings. The molecule has 1 heterocycles. The Labute approximate surface area is 197 Å². The van der Waals surface area contributed by atoms with E-state index in [1.54, 1.807) is 24.3 Å². The highest BCUT2D eigenvalue weighted by Crippen LogP contribution is 2.09. The molecule has 0 saturated carbocycles. The van der Waals surface area contributed by atoms with Crippen LogP contribution in [0.1, 0.15) is 31.5 Å². The smallest absolute Gasteiger partial charge is 0.326 e. The SMILES string of the molecule is CC(C)CC(NC(=O)C(Cc1cnc[nH]1)NC(=O)CN)C(=O)NC(Cc1ccccc1)C(=O)O. The number of carbonyl (C=O) groups excluding carboxylic acids is 3. The molecule has 2 aromatic rings. The zero-order valence-electron chi connectivity index (χ0n) is 19.3. The van der Waals surface area contributed by atoms with Crippen molar-refractivity contribution in [2.24, 2.45) is 11.7 Å². The van der Waals surface area contributed by atoms with E-state index < -0.39 is 41.8 Å². The lowest BCUT2D eigenvalue weighted by atomic mass is 10.0. The van der Waals surface area contributed by atoms with Gasteiger partial charge < -0.3 is 31.8 Å². The van der Waals surface area contributed by atoms with E-state index in [1.165, 1.54) is 12.5 Å². The van der Waals surface area contributed by atoms with Crippen LogP contribution in [0.3, 0.4) is 0 Å². The number of imidazole rings is 1. The molecule has 0 bridgehead atoms. The zero-order chi connectivity index (χ0) is 25.1. The third-order valence-corrected chi connectivity index (χ3v) is 5.05. The summed E-state index contributed by atoms with van der Waals surface area (Å²) < 4.78 is 0. The Kier molecular flexibility index (Phi) is 10.2. The number of hydrogen-bond donors (Lipinski definition) is 6. The molecule has 11 heteroatoms. The Morgan fingerprint density at radius 3 is 2.18 bits per heavy atom. The van der Waals surface area contributed by atoms with Gasteiger partial charge in [0.25, 0.3) is 0 Å². The molecular weight excluding hydrogens is 440 g/mol. The Morgan fingerprint density at radius 2 is 1.62 bits per heavy atom. The maximum Gasteiger partial charge on any atom is 0.326 e. The van der Waals surface area contributed by atoms with Gasteiger partial charge in [-0.25, -0.2) is 9.78 Å². The first-order valence-corrected chi connectivity index (χ1v) is 11.0. The third kappa shape index (κ3) is 8.66.